The molecule has 0 aromatic rings. The Morgan fingerprint density at radius 3 is 0.918 bits per heavy atom. The van der Waals surface area contributed by atoms with Gasteiger partial charge in [-0.25, -0.2) is 0 Å². The summed E-state index contributed by atoms with van der Waals surface area (Å²) in [7, 11) is -1.58. The molecule has 7 heteroatoms. The highest BCUT2D eigenvalue weighted by atomic mass is 28.4. The van der Waals surface area contributed by atoms with Gasteiger partial charge in [-0.3, -0.25) is 4.90 Å². The summed E-state index contributed by atoms with van der Waals surface area (Å²) in [5, 5.41) is 11.4. The van der Waals surface area contributed by atoms with Gasteiger partial charge in [0.05, 0.1) is 30.5 Å². The molecular formula is C42H81NO5Si. The standard InChI is InChI=1S/C42H81NO5Si/c1-28-35(3,4)20-30(21-36(28,5)6)45-49(46-31-22-37(7,8)29(2)38(9,10)23-31,47-32-24-39(11,12)34(44)40(13,14)25-32)48-33-26-41(15,16)43(19)42(17,18)27-33/h28-34,44H,20-27H2,1-19H3. The molecule has 49 heavy (non-hydrogen) atoms. The van der Waals surface area contributed by atoms with Crippen LogP contribution >= 0.6 is 0 Å². The fourth-order valence-electron chi connectivity index (χ4n) is 11.4. The molecule has 1 aliphatic heterocycles. The van der Waals surface area contributed by atoms with Gasteiger partial charge >= 0.3 is 9.05 Å². The Balaban J connectivity index is 1.84. The summed E-state index contributed by atoms with van der Waals surface area (Å²) in [6, 6.07) is 0. The normalized spacial score (nSPS) is 39.2. The van der Waals surface area contributed by atoms with E-state index in [4.69, 9.17) is 17.7 Å². The fourth-order valence-corrected chi connectivity index (χ4v) is 14.1. The first kappa shape index (κ1) is 41.7. The summed E-state index contributed by atoms with van der Waals surface area (Å²) in [5.41, 5.74) is -0.307. The van der Waals surface area contributed by atoms with Crippen LogP contribution in [0.4, 0.5) is 0 Å². The van der Waals surface area contributed by atoms with Gasteiger partial charge < -0.3 is 22.8 Å². The summed E-state index contributed by atoms with van der Waals surface area (Å²) in [6.07, 6.45) is 6.37. The summed E-state index contributed by atoms with van der Waals surface area (Å²) >= 11 is 0. The molecule has 1 saturated heterocycles. The predicted molar refractivity (Wildman–Crippen MR) is 205 cm³/mol. The van der Waals surface area contributed by atoms with Gasteiger partial charge in [-0.05, 0) is 130 Å². The Labute approximate surface area is 305 Å². The van der Waals surface area contributed by atoms with Gasteiger partial charge in [-0.2, -0.15) is 0 Å². The Hall–Kier alpha value is -0.0231. The van der Waals surface area contributed by atoms with Crippen molar-refractivity contribution in [2.24, 2.45) is 44.3 Å². The summed E-state index contributed by atoms with van der Waals surface area (Å²) < 4.78 is 30.3. The van der Waals surface area contributed by atoms with Gasteiger partial charge in [0.25, 0.3) is 0 Å². The topological polar surface area (TPSA) is 60.4 Å². The molecule has 0 aromatic carbocycles. The third-order valence-corrected chi connectivity index (χ3v) is 17.7. The van der Waals surface area contributed by atoms with Crippen molar-refractivity contribution < 1.29 is 22.8 Å². The molecule has 0 spiro atoms. The molecular weight excluding hydrogens is 627 g/mol. The Bertz CT molecular complexity index is 918. The SMILES string of the molecule is CC1C(C)(C)CC(O[Si](OC2CC(C)(C)C(C)C(C)(C)C2)(OC2CC(C)(C)C(O)C(C)(C)C2)OC2CC(C)(C)N(C)C(C)(C)C2)CC1(C)C. The van der Waals surface area contributed by atoms with Crippen molar-refractivity contribution in [2.75, 3.05) is 7.05 Å². The Morgan fingerprint density at radius 2 is 0.653 bits per heavy atom. The van der Waals surface area contributed by atoms with Crippen molar-refractivity contribution in [1.29, 1.82) is 0 Å². The van der Waals surface area contributed by atoms with Crippen molar-refractivity contribution >= 4 is 9.05 Å². The third-order valence-electron chi connectivity index (χ3n) is 15.2. The smallest absolute Gasteiger partial charge is 0.392 e. The van der Waals surface area contributed by atoms with E-state index in [-0.39, 0.29) is 68.0 Å². The van der Waals surface area contributed by atoms with E-state index in [0.29, 0.717) is 11.8 Å². The number of hydrogen-bond acceptors (Lipinski definition) is 6. The van der Waals surface area contributed by atoms with Crippen LogP contribution in [0.5, 0.6) is 0 Å². The van der Waals surface area contributed by atoms with Crippen LogP contribution < -0.4 is 0 Å². The van der Waals surface area contributed by atoms with Gasteiger partial charge in [0.2, 0.25) is 0 Å². The molecule has 0 atom stereocenters. The molecule has 0 radical (unpaired) electrons. The van der Waals surface area contributed by atoms with Gasteiger partial charge in [0.1, 0.15) is 0 Å². The van der Waals surface area contributed by atoms with Crippen LogP contribution in [0.2, 0.25) is 0 Å². The molecule has 0 amide bonds. The first-order chi connectivity index (χ1) is 21.8. The number of aliphatic hydroxyl groups excluding tert-OH is 1. The molecule has 1 N–H and O–H groups in total. The lowest BCUT2D eigenvalue weighted by Gasteiger charge is -2.56. The summed E-state index contributed by atoms with van der Waals surface area (Å²) in [4.78, 5) is 2.51. The fraction of sp³-hybridized carbons (Fsp3) is 1.00. The van der Waals surface area contributed by atoms with Gasteiger partial charge in [-0.1, -0.05) is 96.9 Å². The number of piperidine rings is 1. The quantitative estimate of drug-likeness (QED) is 0.254. The highest BCUT2D eigenvalue weighted by Crippen LogP contribution is 2.55. The van der Waals surface area contributed by atoms with E-state index in [2.05, 4.69) is 137 Å². The van der Waals surface area contributed by atoms with Crippen LogP contribution in [-0.2, 0) is 17.7 Å². The number of hydrogen-bond donors (Lipinski definition) is 1. The van der Waals surface area contributed by atoms with E-state index >= 15 is 0 Å². The molecule has 4 aliphatic rings. The lowest BCUT2D eigenvalue weighted by atomic mass is 9.57. The molecule has 288 valence electrons. The minimum absolute atomic E-state index is 0.0288. The average Bonchev–Trinajstić information content (AvgIpc) is 2.86. The predicted octanol–water partition coefficient (Wildman–Crippen LogP) is 10.4. The van der Waals surface area contributed by atoms with Crippen LogP contribution in [0.25, 0.3) is 0 Å². The molecule has 0 aromatic heterocycles. The lowest BCUT2D eigenvalue weighted by Crippen LogP contribution is -2.65. The second-order valence-electron chi connectivity index (χ2n) is 23.1. The van der Waals surface area contributed by atoms with Gasteiger partial charge in [0.15, 0.2) is 0 Å². The molecule has 3 saturated carbocycles. The zero-order valence-electron chi connectivity index (χ0n) is 35.7. The Kier molecular flexibility index (Phi) is 11.1. The highest BCUT2D eigenvalue weighted by molar-refractivity contribution is 6.53. The third kappa shape index (κ3) is 8.70. The van der Waals surface area contributed by atoms with Crippen molar-refractivity contribution in [3.05, 3.63) is 0 Å². The molecule has 0 unspecified atom stereocenters. The number of likely N-dealkylation sites (tertiary alicyclic amines) is 1. The van der Waals surface area contributed by atoms with Gasteiger partial charge in [-0.15, -0.1) is 0 Å². The molecule has 4 fully saturated rings. The largest absolute Gasteiger partial charge is 0.680 e. The van der Waals surface area contributed by atoms with E-state index in [1.54, 1.807) is 0 Å². The van der Waals surface area contributed by atoms with E-state index in [9.17, 15) is 5.11 Å². The highest BCUT2D eigenvalue weighted by Gasteiger charge is 2.61. The van der Waals surface area contributed by atoms with Crippen molar-refractivity contribution in [1.82, 2.24) is 4.90 Å². The minimum Gasteiger partial charge on any atom is -0.392 e. The van der Waals surface area contributed by atoms with E-state index < -0.39 is 15.2 Å². The van der Waals surface area contributed by atoms with E-state index in [1.165, 1.54) is 0 Å². The van der Waals surface area contributed by atoms with Crippen molar-refractivity contribution in [3.63, 3.8) is 0 Å². The van der Waals surface area contributed by atoms with Gasteiger partial charge in [0, 0.05) is 11.1 Å². The van der Waals surface area contributed by atoms with Crippen molar-refractivity contribution in [2.45, 2.75) is 218 Å². The minimum atomic E-state index is -3.83. The van der Waals surface area contributed by atoms with Crippen LogP contribution in [0, 0.1) is 44.3 Å². The van der Waals surface area contributed by atoms with Crippen LogP contribution in [0.3, 0.4) is 0 Å². The van der Waals surface area contributed by atoms with Crippen LogP contribution in [0.15, 0.2) is 0 Å². The Morgan fingerprint density at radius 1 is 0.429 bits per heavy atom. The molecule has 4 rings (SSSR count). The maximum Gasteiger partial charge on any atom is 0.680 e. The lowest BCUT2D eigenvalue weighted by molar-refractivity contribution is -0.182. The molecule has 3 aliphatic carbocycles. The van der Waals surface area contributed by atoms with Crippen molar-refractivity contribution in [3.8, 4) is 0 Å². The first-order valence-electron chi connectivity index (χ1n) is 19.9. The second kappa shape index (κ2) is 13.1. The molecule has 6 nitrogen and oxygen atoms in total. The monoisotopic (exact) mass is 708 g/mol. The number of nitrogens with zero attached hydrogens (tertiary/aromatic N) is 1. The number of rotatable bonds is 8. The zero-order valence-corrected chi connectivity index (χ0v) is 36.7. The average molecular weight is 708 g/mol. The second-order valence-corrected chi connectivity index (χ2v) is 25.0. The summed E-state index contributed by atoms with van der Waals surface area (Å²) in [5.74, 6) is 1.11. The molecule has 0 bridgehead atoms. The maximum absolute atomic E-state index is 11.4. The number of aliphatic hydroxyl groups is 1. The summed E-state index contributed by atoms with van der Waals surface area (Å²) in [6.45, 7) is 42.2. The first-order valence-corrected chi connectivity index (χ1v) is 21.5. The maximum atomic E-state index is 11.4. The van der Waals surface area contributed by atoms with Crippen LogP contribution in [-0.4, -0.2) is 67.7 Å². The van der Waals surface area contributed by atoms with E-state index in [1.807, 2.05) is 0 Å². The zero-order chi connectivity index (χ0) is 37.6. The van der Waals surface area contributed by atoms with Crippen LogP contribution in [0.1, 0.15) is 176 Å². The van der Waals surface area contributed by atoms with E-state index in [0.717, 1.165) is 51.4 Å². The molecule has 1 heterocycles.